The molecule has 0 N–H and O–H groups in total. The van der Waals surface area contributed by atoms with Crippen molar-refractivity contribution < 1.29 is 13.6 Å². The van der Waals surface area contributed by atoms with E-state index in [0.717, 1.165) is 0 Å². The average molecular weight is 150 g/mol. The SMILES string of the molecule is CC(C)(C)C(C=O)C(F)F. The monoisotopic (exact) mass is 150 g/mol. The summed E-state index contributed by atoms with van der Waals surface area (Å²) in [6.07, 6.45) is -2.22. The van der Waals surface area contributed by atoms with Crippen LogP contribution < -0.4 is 0 Å². The van der Waals surface area contributed by atoms with Crippen molar-refractivity contribution in [2.24, 2.45) is 11.3 Å². The van der Waals surface area contributed by atoms with Gasteiger partial charge in [0.15, 0.2) is 0 Å². The molecule has 1 unspecified atom stereocenters. The molecule has 0 radical (unpaired) electrons. The third-order valence-electron chi connectivity index (χ3n) is 1.42. The molecule has 0 aliphatic heterocycles. The van der Waals surface area contributed by atoms with Crippen LogP contribution in [0.4, 0.5) is 8.78 Å². The van der Waals surface area contributed by atoms with Gasteiger partial charge in [0, 0.05) is 0 Å². The van der Waals surface area contributed by atoms with E-state index < -0.39 is 17.8 Å². The van der Waals surface area contributed by atoms with Crippen molar-refractivity contribution in [3.63, 3.8) is 0 Å². The molecular formula is C7H12F2O. The minimum absolute atomic E-state index is 0.324. The number of hydrogen-bond donors (Lipinski definition) is 0. The predicted octanol–water partition coefficient (Wildman–Crippen LogP) is 2.11. The lowest BCUT2D eigenvalue weighted by molar-refractivity contribution is -0.120. The van der Waals surface area contributed by atoms with Gasteiger partial charge >= 0.3 is 0 Å². The summed E-state index contributed by atoms with van der Waals surface area (Å²) in [7, 11) is 0. The van der Waals surface area contributed by atoms with Crippen LogP contribution in [0.2, 0.25) is 0 Å². The fraction of sp³-hybridized carbons (Fsp3) is 0.857. The molecule has 10 heavy (non-hydrogen) atoms. The highest BCUT2D eigenvalue weighted by atomic mass is 19.3. The van der Waals surface area contributed by atoms with Crippen LogP contribution in [0.15, 0.2) is 0 Å². The Labute approximate surface area is 59.4 Å². The summed E-state index contributed by atoms with van der Waals surface area (Å²) in [5.74, 6) is -1.15. The fourth-order valence-electron chi connectivity index (χ4n) is 0.641. The third kappa shape index (κ3) is 2.42. The molecule has 0 saturated carbocycles. The Kier molecular flexibility index (Phi) is 2.94. The number of carbonyl (C=O) groups excluding carboxylic acids is 1. The highest BCUT2D eigenvalue weighted by molar-refractivity contribution is 5.55. The molecule has 1 nitrogen and oxygen atoms in total. The smallest absolute Gasteiger partial charge is 0.248 e. The first-order valence-electron chi connectivity index (χ1n) is 3.13. The number of carbonyl (C=O) groups is 1. The zero-order valence-corrected chi connectivity index (χ0v) is 6.40. The quantitative estimate of drug-likeness (QED) is 0.551. The zero-order valence-electron chi connectivity index (χ0n) is 6.40. The summed E-state index contributed by atoms with van der Waals surface area (Å²) in [6, 6.07) is 0. The number of alkyl halides is 2. The van der Waals surface area contributed by atoms with E-state index in [1.807, 2.05) is 0 Å². The molecular weight excluding hydrogens is 138 g/mol. The second kappa shape index (κ2) is 3.08. The van der Waals surface area contributed by atoms with Crippen LogP contribution >= 0.6 is 0 Å². The van der Waals surface area contributed by atoms with Gasteiger partial charge in [0.2, 0.25) is 6.43 Å². The minimum Gasteiger partial charge on any atom is -0.303 e. The highest BCUT2D eigenvalue weighted by Gasteiger charge is 2.31. The minimum atomic E-state index is -2.54. The van der Waals surface area contributed by atoms with Crippen molar-refractivity contribution in [1.82, 2.24) is 0 Å². The highest BCUT2D eigenvalue weighted by Crippen LogP contribution is 2.28. The molecule has 0 fully saturated rings. The fourth-order valence-corrected chi connectivity index (χ4v) is 0.641. The lowest BCUT2D eigenvalue weighted by Crippen LogP contribution is -2.28. The Morgan fingerprint density at radius 1 is 1.30 bits per heavy atom. The maximum absolute atomic E-state index is 12.0. The molecule has 0 aliphatic carbocycles. The molecule has 0 amide bonds. The molecule has 0 aromatic heterocycles. The predicted molar refractivity (Wildman–Crippen MR) is 35.0 cm³/mol. The Morgan fingerprint density at radius 3 is 1.70 bits per heavy atom. The van der Waals surface area contributed by atoms with Crippen LogP contribution in [-0.4, -0.2) is 12.7 Å². The lowest BCUT2D eigenvalue weighted by Gasteiger charge is -2.24. The van der Waals surface area contributed by atoms with Gasteiger partial charge in [-0.1, -0.05) is 20.8 Å². The van der Waals surface area contributed by atoms with E-state index in [-0.39, 0.29) is 0 Å². The first kappa shape index (κ1) is 9.53. The summed E-state index contributed by atoms with van der Waals surface area (Å²) in [5, 5.41) is 0. The Morgan fingerprint density at radius 2 is 1.70 bits per heavy atom. The van der Waals surface area contributed by atoms with Crippen LogP contribution in [0.1, 0.15) is 20.8 Å². The van der Waals surface area contributed by atoms with E-state index >= 15 is 0 Å². The number of halogens is 2. The van der Waals surface area contributed by atoms with Crippen molar-refractivity contribution in [2.45, 2.75) is 27.2 Å². The third-order valence-corrected chi connectivity index (χ3v) is 1.42. The van der Waals surface area contributed by atoms with Gasteiger partial charge in [-0.2, -0.15) is 0 Å². The van der Waals surface area contributed by atoms with Gasteiger partial charge < -0.3 is 4.79 Å². The molecule has 0 aromatic carbocycles. The Hall–Kier alpha value is -0.470. The maximum Gasteiger partial charge on any atom is 0.248 e. The summed E-state index contributed by atoms with van der Waals surface area (Å²) in [5.41, 5.74) is -0.629. The number of hydrogen-bond acceptors (Lipinski definition) is 1. The molecule has 60 valence electrons. The largest absolute Gasteiger partial charge is 0.303 e. The van der Waals surface area contributed by atoms with Crippen molar-refractivity contribution in [1.29, 1.82) is 0 Å². The topological polar surface area (TPSA) is 17.1 Å². The van der Waals surface area contributed by atoms with E-state index in [2.05, 4.69) is 0 Å². The molecule has 0 aromatic rings. The molecule has 0 aliphatic rings. The standard InChI is InChI=1S/C7H12F2O/c1-7(2,3)5(4-10)6(8)9/h4-6H,1-3H3. The molecule has 1 atom stereocenters. The van der Waals surface area contributed by atoms with Gasteiger partial charge in [0.05, 0.1) is 5.92 Å². The molecule has 0 rings (SSSR count). The van der Waals surface area contributed by atoms with E-state index in [1.54, 1.807) is 20.8 Å². The lowest BCUT2D eigenvalue weighted by atomic mass is 9.82. The molecule has 0 heterocycles. The van der Waals surface area contributed by atoms with Gasteiger partial charge in [-0.25, -0.2) is 8.78 Å². The normalized spacial score (nSPS) is 15.4. The molecule has 0 bridgehead atoms. The van der Waals surface area contributed by atoms with Crippen LogP contribution in [0.25, 0.3) is 0 Å². The van der Waals surface area contributed by atoms with E-state index in [9.17, 15) is 13.6 Å². The van der Waals surface area contributed by atoms with E-state index in [0.29, 0.717) is 6.29 Å². The Bertz CT molecular complexity index is 115. The summed E-state index contributed by atoms with van der Waals surface area (Å²) in [4.78, 5) is 10.1. The van der Waals surface area contributed by atoms with Crippen molar-refractivity contribution >= 4 is 6.29 Å². The van der Waals surface area contributed by atoms with Gasteiger partial charge in [-0.3, -0.25) is 0 Å². The summed E-state index contributed by atoms with van der Waals surface area (Å²) < 4.78 is 23.9. The van der Waals surface area contributed by atoms with Gasteiger partial charge in [-0.05, 0) is 5.41 Å². The zero-order chi connectivity index (χ0) is 8.36. The van der Waals surface area contributed by atoms with Crippen molar-refractivity contribution in [3.8, 4) is 0 Å². The second-order valence-electron chi connectivity index (χ2n) is 3.36. The van der Waals surface area contributed by atoms with Gasteiger partial charge in [-0.15, -0.1) is 0 Å². The van der Waals surface area contributed by atoms with Gasteiger partial charge in [0.1, 0.15) is 6.29 Å². The molecule has 3 heteroatoms. The second-order valence-corrected chi connectivity index (χ2v) is 3.36. The Balaban J connectivity index is 4.21. The summed E-state index contributed by atoms with van der Waals surface area (Å²) >= 11 is 0. The van der Waals surface area contributed by atoms with Crippen LogP contribution in [0.5, 0.6) is 0 Å². The maximum atomic E-state index is 12.0. The van der Waals surface area contributed by atoms with Crippen molar-refractivity contribution in [3.05, 3.63) is 0 Å². The first-order valence-corrected chi connectivity index (χ1v) is 3.13. The van der Waals surface area contributed by atoms with Crippen LogP contribution in [0.3, 0.4) is 0 Å². The van der Waals surface area contributed by atoms with Crippen LogP contribution in [0, 0.1) is 11.3 Å². The van der Waals surface area contributed by atoms with Crippen molar-refractivity contribution in [2.75, 3.05) is 0 Å². The molecule has 0 saturated heterocycles. The summed E-state index contributed by atoms with van der Waals surface area (Å²) in [6.45, 7) is 4.87. The van der Waals surface area contributed by atoms with Gasteiger partial charge in [0.25, 0.3) is 0 Å². The van der Waals surface area contributed by atoms with E-state index in [1.165, 1.54) is 0 Å². The number of rotatable bonds is 2. The van der Waals surface area contributed by atoms with Crippen LogP contribution in [-0.2, 0) is 4.79 Å². The first-order chi connectivity index (χ1) is 4.39. The van der Waals surface area contributed by atoms with E-state index in [4.69, 9.17) is 0 Å². The number of aldehydes is 1. The molecule has 0 spiro atoms. The average Bonchev–Trinajstić information content (AvgIpc) is 1.60.